The molecule has 0 aliphatic carbocycles. The average Bonchev–Trinajstić information content (AvgIpc) is 2.59. The van der Waals surface area contributed by atoms with E-state index in [2.05, 4.69) is 0 Å². The van der Waals surface area contributed by atoms with Gasteiger partial charge in [0.15, 0.2) is 12.2 Å². The quantitative estimate of drug-likeness (QED) is 0.238. The van der Waals surface area contributed by atoms with Gasteiger partial charge in [-0.05, 0) is 38.5 Å². The first-order chi connectivity index (χ1) is 11.5. The van der Waals surface area contributed by atoms with Gasteiger partial charge in [0, 0.05) is 13.2 Å². The highest BCUT2D eigenvalue weighted by atomic mass is 16.6. The Morgan fingerprint density at radius 3 is 1.29 bits per heavy atom. The van der Waals surface area contributed by atoms with E-state index >= 15 is 0 Å². The van der Waals surface area contributed by atoms with Crippen LogP contribution in [0.2, 0.25) is 0 Å². The Morgan fingerprint density at radius 1 is 0.625 bits per heavy atom. The van der Waals surface area contributed by atoms with E-state index in [4.69, 9.17) is 19.7 Å². The van der Waals surface area contributed by atoms with Crippen LogP contribution in [0.1, 0.15) is 51.4 Å². The number of carbonyl (C=O) groups is 2. The summed E-state index contributed by atoms with van der Waals surface area (Å²) in [7, 11) is 0. The molecule has 0 bridgehead atoms. The Kier molecular flexibility index (Phi) is 14.5. The van der Waals surface area contributed by atoms with E-state index in [1.165, 1.54) is 0 Å². The van der Waals surface area contributed by atoms with E-state index in [0.29, 0.717) is 25.7 Å². The Morgan fingerprint density at radius 2 is 0.958 bits per heavy atom. The zero-order chi connectivity index (χ0) is 18.2. The molecular formula is C16H30O8. The summed E-state index contributed by atoms with van der Waals surface area (Å²) in [4.78, 5) is 23.0. The summed E-state index contributed by atoms with van der Waals surface area (Å²) in [5, 5.41) is 36.4. The number of carbonyl (C=O) groups excluding carboxylic acids is 2. The van der Waals surface area contributed by atoms with Gasteiger partial charge in [0.2, 0.25) is 0 Å². The van der Waals surface area contributed by atoms with Crippen LogP contribution in [0, 0.1) is 0 Å². The summed E-state index contributed by atoms with van der Waals surface area (Å²) in [6.07, 6.45) is 1.74. The van der Waals surface area contributed by atoms with E-state index < -0.39 is 24.1 Å². The number of aliphatic hydroxyl groups is 4. The number of aliphatic hydroxyl groups excluding tert-OH is 4. The molecule has 142 valence electrons. The van der Waals surface area contributed by atoms with Gasteiger partial charge in [0.1, 0.15) is 0 Å². The molecule has 0 amide bonds. The minimum absolute atomic E-state index is 0.0773. The lowest BCUT2D eigenvalue weighted by Crippen LogP contribution is -2.41. The van der Waals surface area contributed by atoms with Gasteiger partial charge in [-0.3, -0.25) is 0 Å². The fourth-order valence-electron chi connectivity index (χ4n) is 1.91. The lowest BCUT2D eigenvalue weighted by Gasteiger charge is -2.16. The van der Waals surface area contributed by atoms with E-state index in [9.17, 15) is 19.8 Å². The molecule has 4 N–H and O–H groups in total. The summed E-state index contributed by atoms with van der Waals surface area (Å²) >= 11 is 0. The van der Waals surface area contributed by atoms with E-state index in [1.54, 1.807) is 0 Å². The third-order valence-corrected chi connectivity index (χ3v) is 3.38. The number of rotatable bonds is 15. The number of ether oxygens (including phenoxy) is 2. The molecule has 0 aliphatic rings. The van der Waals surface area contributed by atoms with Crippen LogP contribution in [0.3, 0.4) is 0 Å². The summed E-state index contributed by atoms with van der Waals surface area (Å²) in [5.41, 5.74) is 0. The van der Waals surface area contributed by atoms with Gasteiger partial charge in [0.05, 0.1) is 13.2 Å². The molecule has 0 saturated heterocycles. The molecule has 0 aromatic rings. The van der Waals surface area contributed by atoms with Gasteiger partial charge >= 0.3 is 11.9 Å². The van der Waals surface area contributed by atoms with Crippen LogP contribution in [0.25, 0.3) is 0 Å². The molecule has 24 heavy (non-hydrogen) atoms. The summed E-state index contributed by atoms with van der Waals surface area (Å²) in [6.45, 7) is 0.393. The van der Waals surface area contributed by atoms with Crippen molar-refractivity contribution in [3.63, 3.8) is 0 Å². The summed E-state index contributed by atoms with van der Waals surface area (Å²) in [5.74, 6) is -2.13. The third kappa shape index (κ3) is 11.3. The highest BCUT2D eigenvalue weighted by Gasteiger charge is 2.32. The Balaban J connectivity index is 3.83. The van der Waals surface area contributed by atoms with Gasteiger partial charge < -0.3 is 29.9 Å². The molecule has 0 aromatic carbocycles. The van der Waals surface area contributed by atoms with Gasteiger partial charge in [-0.2, -0.15) is 0 Å². The highest BCUT2D eigenvalue weighted by Crippen LogP contribution is 2.05. The summed E-state index contributed by atoms with van der Waals surface area (Å²) < 4.78 is 9.56. The Bertz CT molecular complexity index is 302. The third-order valence-electron chi connectivity index (χ3n) is 3.38. The van der Waals surface area contributed by atoms with Crippen LogP contribution in [0.5, 0.6) is 0 Å². The monoisotopic (exact) mass is 350 g/mol. The van der Waals surface area contributed by atoms with Crippen molar-refractivity contribution >= 4 is 11.9 Å². The molecule has 0 spiro atoms. The van der Waals surface area contributed by atoms with Crippen LogP contribution in [-0.4, -0.2) is 71.0 Å². The van der Waals surface area contributed by atoms with Crippen molar-refractivity contribution in [2.45, 2.75) is 63.6 Å². The first-order valence-electron chi connectivity index (χ1n) is 8.45. The van der Waals surface area contributed by atoms with Gasteiger partial charge in [-0.15, -0.1) is 0 Å². The first-order valence-corrected chi connectivity index (χ1v) is 8.45. The molecule has 8 nitrogen and oxygen atoms in total. The molecule has 0 aliphatic heterocycles. The maximum atomic E-state index is 11.5. The van der Waals surface area contributed by atoms with Crippen LogP contribution in [0.4, 0.5) is 0 Å². The van der Waals surface area contributed by atoms with Crippen LogP contribution >= 0.6 is 0 Å². The van der Waals surface area contributed by atoms with Gasteiger partial charge in [-0.1, -0.05) is 12.8 Å². The molecule has 2 atom stereocenters. The maximum Gasteiger partial charge on any atom is 0.338 e. The van der Waals surface area contributed by atoms with Crippen LogP contribution < -0.4 is 0 Å². The molecule has 8 heteroatoms. The Hall–Kier alpha value is -1.22. The topological polar surface area (TPSA) is 134 Å². The van der Waals surface area contributed by atoms with Crippen LogP contribution in [-0.2, 0) is 19.1 Å². The number of esters is 2. The Labute approximate surface area is 142 Å². The maximum absolute atomic E-state index is 11.5. The lowest BCUT2D eigenvalue weighted by molar-refractivity contribution is -0.173. The van der Waals surface area contributed by atoms with Crippen molar-refractivity contribution in [1.82, 2.24) is 0 Å². The molecule has 0 radical (unpaired) electrons. The number of hydrogen-bond acceptors (Lipinski definition) is 8. The smallest absolute Gasteiger partial charge is 0.338 e. The van der Waals surface area contributed by atoms with Crippen molar-refractivity contribution in [3.8, 4) is 0 Å². The van der Waals surface area contributed by atoms with Crippen LogP contribution in [0.15, 0.2) is 0 Å². The minimum Gasteiger partial charge on any atom is -0.464 e. The van der Waals surface area contributed by atoms with E-state index in [1.807, 2.05) is 0 Å². The molecular weight excluding hydrogens is 320 g/mol. The molecule has 2 unspecified atom stereocenters. The van der Waals surface area contributed by atoms with Crippen molar-refractivity contribution < 1.29 is 39.5 Å². The standard InChI is InChI=1S/C16H30O8/c17-9-5-1-3-7-11-23-15(21)13(19)14(20)16(22)24-12-8-4-2-6-10-18/h13-14,17-20H,1-12H2. The molecule has 0 fully saturated rings. The molecule has 0 rings (SSSR count). The zero-order valence-electron chi connectivity index (χ0n) is 14.1. The summed E-state index contributed by atoms with van der Waals surface area (Å²) in [6, 6.07) is 0. The second-order valence-electron chi connectivity index (χ2n) is 5.50. The van der Waals surface area contributed by atoms with Crippen molar-refractivity contribution in [2.75, 3.05) is 26.4 Å². The second kappa shape index (κ2) is 15.3. The highest BCUT2D eigenvalue weighted by molar-refractivity contribution is 5.85. The lowest BCUT2D eigenvalue weighted by atomic mass is 10.2. The predicted octanol–water partition coefficient (Wildman–Crippen LogP) is -0.100. The first kappa shape index (κ1) is 22.8. The fraction of sp³-hybridized carbons (Fsp3) is 0.875. The van der Waals surface area contributed by atoms with Crippen molar-refractivity contribution in [2.24, 2.45) is 0 Å². The van der Waals surface area contributed by atoms with Gasteiger partial charge in [0.25, 0.3) is 0 Å². The average molecular weight is 350 g/mol. The van der Waals surface area contributed by atoms with Crippen molar-refractivity contribution in [3.05, 3.63) is 0 Å². The molecule has 0 aromatic heterocycles. The minimum atomic E-state index is -1.97. The molecule has 0 heterocycles. The van der Waals surface area contributed by atoms with E-state index in [-0.39, 0.29) is 26.4 Å². The normalized spacial score (nSPS) is 13.3. The van der Waals surface area contributed by atoms with Gasteiger partial charge in [-0.25, -0.2) is 9.59 Å². The van der Waals surface area contributed by atoms with Crippen molar-refractivity contribution in [1.29, 1.82) is 0 Å². The largest absolute Gasteiger partial charge is 0.464 e. The predicted molar refractivity (Wildman–Crippen MR) is 85.0 cm³/mol. The fourth-order valence-corrected chi connectivity index (χ4v) is 1.91. The second-order valence-corrected chi connectivity index (χ2v) is 5.50. The molecule has 0 saturated carbocycles. The zero-order valence-corrected chi connectivity index (χ0v) is 14.1. The number of hydrogen-bond donors (Lipinski definition) is 4. The van der Waals surface area contributed by atoms with E-state index in [0.717, 1.165) is 25.7 Å². The SMILES string of the molecule is O=C(OCCCCCCO)C(O)C(O)C(=O)OCCCCCCO. The number of unbranched alkanes of at least 4 members (excludes halogenated alkanes) is 6.